The normalized spacial score (nSPS) is 14.3. The van der Waals surface area contributed by atoms with Crippen LogP contribution in [0.4, 0.5) is 4.79 Å². The Morgan fingerprint density at radius 1 is 1.48 bits per heavy atom. The van der Waals surface area contributed by atoms with Gasteiger partial charge in [0.15, 0.2) is 0 Å². The average molecular weight is 294 g/mol. The highest BCUT2D eigenvalue weighted by atomic mass is 16.3. The minimum atomic E-state index is -0.0498. The van der Waals surface area contributed by atoms with Gasteiger partial charge >= 0.3 is 6.03 Å². The van der Waals surface area contributed by atoms with Crippen molar-refractivity contribution in [3.63, 3.8) is 0 Å². The van der Waals surface area contributed by atoms with E-state index in [1.807, 2.05) is 18.7 Å². The van der Waals surface area contributed by atoms with Gasteiger partial charge in [-0.25, -0.2) is 4.79 Å². The van der Waals surface area contributed by atoms with Crippen molar-refractivity contribution in [2.75, 3.05) is 19.7 Å². The highest BCUT2D eigenvalue weighted by Gasteiger charge is 2.31. The zero-order chi connectivity index (χ0) is 15.4. The van der Waals surface area contributed by atoms with Gasteiger partial charge in [-0.3, -0.25) is 4.68 Å². The fraction of sp³-hybridized carbons (Fsp3) is 0.733. The van der Waals surface area contributed by atoms with Crippen molar-refractivity contribution in [2.45, 2.75) is 45.6 Å². The number of carbonyl (C=O) groups excluding carboxylic acids is 1. The lowest BCUT2D eigenvalue weighted by atomic mass is 10.1. The number of nitrogens with zero attached hydrogens (tertiary/aromatic N) is 3. The highest BCUT2D eigenvalue weighted by molar-refractivity contribution is 5.74. The maximum absolute atomic E-state index is 12.1. The number of hydrogen-bond donors (Lipinski definition) is 2. The lowest BCUT2D eigenvalue weighted by Crippen LogP contribution is -2.43. The van der Waals surface area contributed by atoms with Crippen LogP contribution in [-0.2, 0) is 13.5 Å². The van der Waals surface area contributed by atoms with E-state index in [-0.39, 0.29) is 12.6 Å². The zero-order valence-corrected chi connectivity index (χ0v) is 13.2. The van der Waals surface area contributed by atoms with E-state index >= 15 is 0 Å². The molecule has 0 unspecified atom stereocenters. The molecule has 0 atom stereocenters. The van der Waals surface area contributed by atoms with Crippen LogP contribution in [0.5, 0.6) is 0 Å². The van der Waals surface area contributed by atoms with E-state index in [0.717, 1.165) is 31.4 Å². The van der Waals surface area contributed by atoms with Crippen molar-refractivity contribution in [1.29, 1.82) is 0 Å². The molecule has 0 aromatic carbocycles. The van der Waals surface area contributed by atoms with Crippen LogP contribution in [0.2, 0.25) is 0 Å². The monoisotopic (exact) mass is 294 g/mol. The molecule has 1 aliphatic carbocycles. The van der Waals surface area contributed by atoms with E-state index < -0.39 is 0 Å². The lowest BCUT2D eigenvalue weighted by Gasteiger charge is -2.21. The number of carbonyl (C=O) groups is 1. The van der Waals surface area contributed by atoms with E-state index in [9.17, 15) is 4.79 Å². The molecule has 1 saturated carbocycles. The summed E-state index contributed by atoms with van der Waals surface area (Å²) in [5, 5.41) is 16.4. The average Bonchev–Trinajstić information content (AvgIpc) is 3.24. The Balaban J connectivity index is 1.75. The second kappa shape index (κ2) is 6.93. The Bertz CT molecular complexity index is 494. The lowest BCUT2D eigenvalue weighted by molar-refractivity contribution is 0.173. The molecule has 1 fully saturated rings. The number of nitrogens with one attached hydrogen (secondary N) is 1. The summed E-state index contributed by atoms with van der Waals surface area (Å²) in [6, 6.07) is 0.283. The first-order valence-corrected chi connectivity index (χ1v) is 7.69. The van der Waals surface area contributed by atoms with Crippen LogP contribution in [-0.4, -0.2) is 51.6 Å². The predicted octanol–water partition coefficient (Wildman–Crippen LogP) is 1.14. The van der Waals surface area contributed by atoms with Crippen molar-refractivity contribution in [1.82, 2.24) is 20.0 Å². The van der Waals surface area contributed by atoms with Crippen molar-refractivity contribution in [3.8, 4) is 0 Å². The topological polar surface area (TPSA) is 70.4 Å². The van der Waals surface area contributed by atoms with E-state index in [4.69, 9.17) is 5.11 Å². The Kier molecular flexibility index (Phi) is 5.22. The number of aliphatic hydroxyl groups excluding tert-OH is 1. The van der Waals surface area contributed by atoms with Crippen LogP contribution in [0.15, 0.2) is 0 Å². The summed E-state index contributed by atoms with van der Waals surface area (Å²) in [4.78, 5) is 13.8. The third kappa shape index (κ3) is 3.97. The maximum atomic E-state index is 12.1. The molecule has 2 amide bonds. The minimum Gasteiger partial charge on any atom is -0.395 e. The third-order valence-corrected chi connectivity index (χ3v) is 4.13. The molecule has 6 nitrogen and oxygen atoms in total. The maximum Gasteiger partial charge on any atom is 0.317 e. The van der Waals surface area contributed by atoms with Crippen LogP contribution in [0, 0.1) is 13.8 Å². The quantitative estimate of drug-likeness (QED) is 0.741. The molecule has 1 heterocycles. The number of urea groups is 1. The van der Waals surface area contributed by atoms with Gasteiger partial charge < -0.3 is 15.3 Å². The smallest absolute Gasteiger partial charge is 0.317 e. The Labute approximate surface area is 126 Å². The SMILES string of the molecule is Cc1nn(C)c(C)c1CCCNC(=O)N(CCO)C1CC1. The molecule has 2 rings (SSSR count). The van der Waals surface area contributed by atoms with Gasteiger partial charge in [-0.2, -0.15) is 5.10 Å². The Morgan fingerprint density at radius 2 is 2.19 bits per heavy atom. The summed E-state index contributed by atoms with van der Waals surface area (Å²) in [5.74, 6) is 0. The molecule has 0 saturated heterocycles. The van der Waals surface area contributed by atoms with E-state index in [1.165, 1.54) is 11.3 Å². The van der Waals surface area contributed by atoms with Crippen molar-refractivity contribution in [2.24, 2.45) is 7.05 Å². The molecule has 1 aromatic heterocycles. The molecule has 0 radical (unpaired) electrons. The van der Waals surface area contributed by atoms with Gasteiger partial charge in [0.25, 0.3) is 0 Å². The van der Waals surface area contributed by atoms with Gasteiger partial charge in [-0.15, -0.1) is 0 Å². The van der Waals surface area contributed by atoms with Crippen molar-refractivity contribution < 1.29 is 9.90 Å². The first-order chi connectivity index (χ1) is 10.0. The summed E-state index contributed by atoms with van der Waals surface area (Å²) in [7, 11) is 1.95. The largest absolute Gasteiger partial charge is 0.395 e. The number of aryl methyl sites for hydroxylation is 2. The molecule has 0 aliphatic heterocycles. The summed E-state index contributed by atoms with van der Waals surface area (Å²) >= 11 is 0. The molecule has 21 heavy (non-hydrogen) atoms. The molecule has 0 bridgehead atoms. The Morgan fingerprint density at radius 3 is 2.71 bits per heavy atom. The van der Waals surface area contributed by atoms with E-state index in [1.54, 1.807) is 4.90 Å². The second-order valence-electron chi connectivity index (χ2n) is 5.76. The number of rotatable bonds is 7. The molecule has 2 N–H and O–H groups in total. The number of aliphatic hydroxyl groups is 1. The summed E-state index contributed by atoms with van der Waals surface area (Å²) in [6.45, 7) is 5.21. The Hall–Kier alpha value is -1.56. The summed E-state index contributed by atoms with van der Waals surface area (Å²) in [5.41, 5.74) is 3.54. The highest BCUT2D eigenvalue weighted by Crippen LogP contribution is 2.26. The predicted molar refractivity (Wildman–Crippen MR) is 81.2 cm³/mol. The fourth-order valence-electron chi connectivity index (χ4n) is 2.69. The first-order valence-electron chi connectivity index (χ1n) is 7.69. The molecule has 6 heteroatoms. The standard InChI is InChI=1S/C15H26N4O2/c1-11-14(12(2)18(3)17-11)5-4-8-16-15(21)19(9-10-20)13-6-7-13/h13,20H,4-10H2,1-3H3,(H,16,21). The van der Waals surface area contributed by atoms with Gasteiger partial charge in [-0.05, 0) is 45.1 Å². The molecule has 1 aliphatic rings. The number of hydrogen-bond acceptors (Lipinski definition) is 3. The van der Waals surface area contributed by atoms with Gasteiger partial charge in [0.2, 0.25) is 0 Å². The van der Waals surface area contributed by atoms with Crippen molar-refractivity contribution >= 4 is 6.03 Å². The fourth-order valence-corrected chi connectivity index (χ4v) is 2.69. The number of amides is 2. The summed E-state index contributed by atoms with van der Waals surface area (Å²) in [6.07, 6.45) is 3.94. The van der Waals surface area contributed by atoms with Gasteiger partial charge in [0.05, 0.1) is 12.3 Å². The van der Waals surface area contributed by atoms with Crippen LogP contribution < -0.4 is 5.32 Å². The van der Waals surface area contributed by atoms with E-state index in [2.05, 4.69) is 17.3 Å². The minimum absolute atomic E-state index is 0.0258. The number of aromatic nitrogens is 2. The second-order valence-corrected chi connectivity index (χ2v) is 5.76. The van der Waals surface area contributed by atoms with Gasteiger partial charge in [0.1, 0.15) is 0 Å². The van der Waals surface area contributed by atoms with E-state index in [0.29, 0.717) is 19.1 Å². The van der Waals surface area contributed by atoms with Gasteiger partial charge in [-0.1, -0.05) is 0 Å². The van der Waals surface area contributed by atoms with Crippen LogP contribution in [0.1, 0.15) is 36.2 Å². The molecule has 1 aromatic rings. The molecule has 118 valence electrons. The zero-order valence-electron chi connectivity index (χ0n) is 13.2. The molecular formula is C15H26N4O2. The first kappa shape index (κ1) is 15.8. The van der Waals surface area contributed by atoms with Gasteiger partial charge in [0, 0.05) is 31.9 Å². The summed E-state index contributed by atoms with van der Waals surface area (Å²) < 4.78 is 1.90. The van der Waals surface area contributed by atoms with Crippen LogP contribution >= 0.6 is 0 Å². The van der Waals surface area contributed by atoms with Crippen molar-refractivity contribution in [3.05, 3.63) is 17.0 Å². The molecular weight excluding hydrogens is 268 g/mol. The van der Waals surface area contributed by atoms with Crippen LogP contribution in [0.3, 0.4) is 0 Å². The van der Waals surface area contributed by atoms with Crippen LogP contribution in [0.25, 0.3) is 0 Å². The third-order valence-electron chi connectivity index (χ3n) is 4.13. The molecule has 0 spiro atoms.